The molecule has 2 unspecified atom stereocenters. The first-order valence-corrected chi connectivity index (χ1v) is 7.60. The lowest BCUT2D eigenvalue weighted by Gasteiger charge is -2.15. The highest BCUT2D eigenvalue weighted by Crippen LogP contribution is 2.30. The van der Waals surface area contributed by atoms with Crippen LogP contribution in [0.1, 0.15) is 12.0 Å². The van der Waals surface area contributed by atoms with E-state index in [2.05, 4.69) is 0 Å². The summed E-state index contributed by atoms with van der Waals surface area (Å²) < 4.78 is 5.81. The van der Waals surface area contributed by atoms with Crippen molar-refractivity contribution in [2.75, 3.05) is 11.5 Å². The molecule has 1 aliphatic rings. The molecule has 6 heteroatoms. The van der Waals surface area contributed by atoms with Gasteiger partial charge in [0.2, 0.25) is 0 Å². The topological polar surface area (TPSA) is 72.5 Å². The van der Waals surface area contributed by atoms with Gasteiger partial charge in [-0.25, -0.2) is 0 Å². The summed E-state index contributed by atoms with van der Waals surface area (Å²) in [7, 11) is 0. The Morgan fingerprint density at radius 3 is 3.00 bits per heavy atom. The second-order valence-corrected chi connectivity index (χ2v) is 6.07. The van der Waals surface area contributed by atoms with E-state index < -0.39 is 12.0 Å². The molecule has 0 spiro atoms. The summed E-state index contributed by atoms with van der Waals surface area (Å²) in [5.74, 6) is 1.75. The molecule has 1 aromatic carbocycles. The summed E-state index contributed by atoms with van der Waals surface area (Å²) in [6.45, 7) is 0. The molecule has 1 heterocycles. The van der Waals surface area contributed by atoms with Gasteiger partial charge in [-0.05, 0) is 36.3 Å². The van der Waals surface area contributed by atoms with Crippen molar-refractivity contribution in [2.24, 2.45) is 5.73 Å². The molecule has 3 N–H and O–H groups in total. The number of rotatable bonds is 5. The number of hydrogen-bond donors (Lipinski definition) is 2. The molecule has 0 aliphatic carbocycles. The van der Waals surface area contributed by atoms with Crippen LogP contribution < -0.4 is 10.5 Å². The van der Waals surface area contributed by atoms with Crippen molar-refractivity contribution in [2.45, 2.75) is 25.0 Å². The van der Waals surface area contributed by atoms with Gasteiger partial charge in [-0.2, -0.15) is 11.8 Å². The summed E-state index contributed by atoms with van der Waals surface area (Å²) in [5, 5.41) is 9.28. The van der Waals surface area contributed by atoms with Crippen LogP contribution in [0.25, 0.3) is 0 Å². The van der Waals surface area contributed by atoms with Crippen LogP contribution >= 0.6 is 23.4 Å². The maximum atomic E-state index is 10.7. The summed E-state index contributed by atoms with van der Waals surface area (Å²) in [5.41, 5.74) is 6.29. The molecular weight excluding hydrogens is 286 g/mol. The van der Waals surface area contributed by atoms with Crippen molar-refractivity contribution in [3.05, 3.63) is 28.8 Å². The van der Waals surface area contributed by atoms with Gasteiger partial charge in [-0.15, -0.1) is 0 Å². The van der Waals surface area contributed by atoms with E-state index in [1.165, 1.54) is 0 Å². The predicted molar refractivity (Wildman–Crippen MR) is 77.1 cm³/mol. The van der Waals surface area contributed by atoms with Gasteiger partial charge in [0.25, 0.3) is 0 Å². The Balaban J connectivity index is 2.01. The molecular formula is C13H16ClNO3S. The van der Waals surface area contributed by atoms with Crippen LogP contribution in [0.15, 0.2) is 18.2 Å². The summed E-state index contributed by atoms with van der Waals surface area (Å²) in [4.78, 5) is 10.7. The SMILES string of the molecule is NC(Cc1ccc(OC2CCSC2)c(Cl)c1)C(=O)O. The van der Waals surface area contributed by atoms with E-state index in [9.17, 15) is 4.79 Å². The number of thioether (sulfide) groups is 1. The van der Waals surface area contributed by atoms with E-state index in [0.717, 1.165) is 23.5 Å². The first-order valence-electron chi connectivity index (χ1n) is 6.07. The Kier molecular flexibility index (Phi) is 4.96. The third kappa shape index (κ3) is 4.03. The predicted octanol–water partition coefficient (Wildman–Crippen LogP) is 2.18. The van der Waals surface area contributed by atoms with Crippen molar-refractivity contribution in [3.63, 3.8) is 0 Å². The van der Waals surface area contributed by atoms with Crippen LogP contribution in [0.4, 0.5) is 0 Å². The normalized spacial score (nSPS) is 20.2. The molecule has 0 bridgehead atoms. The first kappa shape index (κ1) is 14.5. The average molecular weight is 302 g/mol. The molecule has 0 aromatic heterocycles. The maximum absolute atomic E-state index is 10.7. The molecule has 1 saturated heterocycles. The Bertz CT molecular complexity index is 463. The minimum atomic E-state index is -1.01. The highest BCUT2D eigenvalue weighted by Gasteiger charge is 2.19. The van der Waals surface area contributed by atoms with Gasteiger partial charge in [0.15, 0.2) is 0 Å². The zero-order valence-corrected chi connectivity index (χ0v) is 11.9. The number of carbonyl (C=O) groups is 1. The molecule has 104 valence electrons. The Morgan fingerprint density at radius 1 is 1.63 bits per heavy atom. The monoisotopic (exact) mass is 301 g/mol. The summed E-state index contributed by atoms with van der Waals surface area (Å²) >= 11 is 8.02. The third-order valence-electron chi connectivity index (χ3n) is 2.95. The molecule has 4 nitrogen and oxygen atoms in total. The number of ether oxygens (including phenoxy) is 1. The number of hydrogen-bond acceptors (Lipinski definition) is 4. The number of halogens is 1. The van der Waals surface area contributed by atoms with E-state index in [4.69, 9.17) is 27.2 Å². The van der Waals surface area contributed by atoms with Gasteiger partial charge in [0.1, 0.15) is 17.9 Å². The number of nitrogens with two attached hydrogens (primary N) is 1. The molecule has 1 fully saturated rings. The lowest BCUT2D eigenvalue weighted by Crippen LogP contribution is -2.32. The van der Waals surface area contributed by atoms with Crippen LogP contribution in [0.5, 0.6) is 5.75 Å². The van der Waals surface area contributed by atoms with Crippen molar-refractivity contribution in [3.8, 4) is 5.75 Å². The second-order valence-electron chi connectivity index (χ2n) is 4.52. The fraction of sp³-hybridized carbons (Fsp3) is 0.462. The Morgan fingerprint density at radius 2 is 2.42 bits per heavy atom. The molecule has 2 rings (SSSR count). The third-order valence-corrected chi connectivity index (χ3v) is 4.38. The average Bonchev–Trinajstić information content (AvgIpc) is 2.85. The van der Waals surface area contributed by atoms with Crippen LogP contribution in [-0.4, -0.2) is 34.7 Å². The molecule has 1 aromatic rings. The zero-order chi connectivity index (χ0) is 13.8. The van der Waals surface area contributed by atoms with Gasteiger partial charge in [0.05, 0.1) is 5.02 Å². The van der Waals surface area contributed by atoms with E-state index >= 15 is 0 Å². The number of carboxylic acids is 1. The number of benzene rings is 1. The number of aliphatic carboxylic acids is 1. The lowest BCUT2D eigenvalue weighted by molar-refractivity contribution is -0.138. The second kappa shape index (κ2) is 6.50. The lowest BCUT2D eigenvalue weighted by atomic mass is 10.1. The first-order chi connectivity index (χ1) is 9.06. The Hall–Kier alpha value is -0.910. The van der Waals surface area contributed by atoms with E-state index in [1.54, 1.807) is 12.1 Å². The molecule has 19 heavy (non-hydrogen) atoms. The fourth-order valence-electron chi connectivity index (χ4n) is 1.89. The van der Waals surface area contributed by atoms with Crippen molar-refractivity contribution in [1.82, 2.24) is 0 Å². The van der Waals surface area contributed by atoms with Gasteiger partial charge in [0, 0.05) is 5.75 Å². The van der Waals surface area contributed by atoms with Crippen LogP contribution in [0.3, 0.4) is 0 Å². The highest BCUT2D eigenvalue weighted by molar-refractivity contribution is 7.99. The molecule has 0 saturated carbocycles. The minimum Gasteiger partial charge on any atom is -0.488 e. The van der Waals surface area contributed by atoms with Gasteiger partial charge in [-0.1, -0.05) is 17.7 Å². The molecule has 0 radical (unpaired) electrons. The molecule has 2 atom stereocenters. The van der Waals surface area contributed by atoms with E-state index in [-0.39, 0.29) is 12.5 Å². The number of carboxylic acid groups (broad SMARTS) is 1. The van der Waals surface area contributed by atoms with Crippen LogP contribution in [0, 0.1) is 0 Å². The van der Waals surface area contributed by atoms with Gasteiger partial charge < -0.3 is 15.6 Å². The quantitative estimate of drug-likeness (QED) is 0.872. The zero-order valence-electron chi connectivity index (χ0n) is 10.3. The largest absolute Gasteiger partial charge is 0.488 e. The minimum absolute atomic E-state index is 0.217. The smallest absolute Gasteiger partial charge is 0.320 e. The van der Waals surface area contributed by atoms with Gasteiger partial charge in [-0.3, -0.25) is 4.79 Å². The van der Waals surface area contributed by atoms with Crippen molar-refractivity contribution < 1.29 is 14.6 Å². The van der Waals surface area contributed by atoms with Crippen molar-refractivity contribution in [1.29, 1.82) is 0 Å². The molecule has 0 amide bonds. The van der Waals surface area contributed by atoms with Gasteiger partial charge >= 0.3 is 5.97 Å². The molecule has 1 aliphatic heterocycles. The van der Waals surface area contributed by atoms with Crippen LogP contribution in [-0.2, 0) is 11.2 Å². The highest BCUT2D eigenvalue weighted by atomic mass is 35.5. The maximum Gasteiger partial charge on any atom is 0.320 e. The fourth-order valence-corrected chi connectivity index (χ4v) is 3.24. The Labute approximate surface area is 121 Å². The van der Waals surface area contributed by atoms with E-state index in [1.807, 2.05) is 17.8 Å². The summed E-state index contributed by atoms with van der Waals surface area (Å²) in [6.07, 6.45) is 1.51. The summed E-state index contributed by atoms with van der Waals surface area (Å²) in [6, 6.07) is 4.41. The van der Waals surface area contributed by atoms with Crippen molar-refractivity contribution >= 4 is 29.3 Å². The van der Waals surface area contributed by atoms with E-state index in [0.29, 0.717) is 10.8 Å². The standard InChI is InChI=1S/C13H16ClNO3S/c14-10-5-8(6-11(15)13(16)17)1-2-12(10)18-9-3-4-19-7-9/h1-2,5,9,11H,3-4,6-7,15H2,(H,16,17). The van der Waals surface area contributed by atoms with Crippen LogP contribution in [0.2, 0.25) is 5.02 Å².